The number of rotatable bonds is 5. The summed E-state index contributed by atoms with van der Waals surface area (Å²) in [6.45, 7) is 5.36. The van der Waals surface area contributed by atoms with Crippen molar-refractivity contribution in [2.75, 3.05) is 19.6 Å². The second kappa shape index (κ2) is 5.06. The zero-order chi connectivity index (χ0) is 13.5. The largest absolute Gasteiger partial charge is 0.480 e. The van der Waals surface area contributed by atoms with Crippen molar-refractivity contribution in [2.24, 2.45) is 0 Å². The van der Waals surface area contributed by atoms with Crippen LogP contribution in [0.2, 0.25) is 0 Å². The number of hydrogen-bond acceptors (Lipinski definition) is 3. The van der Waals surface area contributed by atoms with Crippen LogP contribution in [0.3, 0.4) is 0 Å². The summed E-state index contributed by atoms with van der Waals surface area (Å²) in [7, 11) is 0. The minimum absolute atomic E-state index is 0.478. The topological polar surface area (TPSA) is 43.8 Å². The first kappa shape index (κ1) is 13.4. The highest BCUT2D eigenvalue weighted by Gasteiger charge is 2.51. The van der Waals surface area contributed by atoms with E-state index in [0.29, 0.717) is 6.04 Å². The van der Waals surface area contributed by atoms with E-state index in [1.807, 2.05) is 0 Å². The van der Waals surface area contributed by atoms with Gasteiger partial charge in [-0.25, -0.2) is 0 Å². The van der Waals surface area contributed by atoms with Gasteiger partial charge >= 0.3 is 5.97 Å². The van der Waals surface area contributed by atoms with E-state index in [2.05, 4.69) is 16.7 Å². The highest BCUT2D eigenvalue weighted by molar-refractivity contribution is 5.79. The van der Waals surface area contributed by atoms with Crippen molar-refractivity contribution in [1.82, 2.24) is 9.80 Å². The molecule has 4 nitrogen and oxygen atoms in total. The maximum absolute atomic E-state index is 11.9. The van der Waals surface area contributed by atoms with Gasteiger partial charge in [0.1, 0.15) is 5.54 Å². The molecule has 4 heteroatoms. The molecule has 0 amide bonds. The SMILES string of the molecule is CCCC1(C(=O)O)CCCN1C1CCN(C2CC2)C1. The molecule has 1 N–H and O–H groups in total. The van der Waals surface area contributed by atoms with Gasteiger partial charge in [-0.05, 0) is 45.1 Å². The van der Waals surface area contributed by atoms with Gasteiger partial charge in [-0.15, -0.1) is 0 Å². The third kappa shape index (κ3) is 2.29. The normalized spacial score (nSPS) is 37.0. The zero-order valence-corrected chi connectivity index (χ0v) is 12.0. The highest BCUT2D eigenvalue weighted by atomic mass is 16.4. The van der Waals surface area contributed by atoms with Crippen LogP contribution in [-0.4, -0.2) is 58.1 Å². The number of likely N-dealkylation sites (tertiary alicyclic amines) is 2. The van der Waals surface area contributed by atoms with Gasteiger partial charge in [-0.1, -0.05) is 13.3 Å². The van der Waals surface area contributed by atoms with Gasteiger partial charge in [0.25, 0.3) is 0 Å². The molecule has 3 aliphatic rings. The lowest BCUT2D eigenvalue weighted by Crippen LogP contribution is -2.55. The predicted molar refractivity (Wildman–Crippen MR) is 74.2 cm³/mol. The van der Waals surface area contributed by atoms with Gasteiger partial charge in [0.05, 0.1) is 0 Å². The average Bonchev–Trinajstić information content (AvgIpc) is 2.96. The average molecular weight is 266 g/mol. The fourth-order valence-electron chi connectivity index (χ4n) is 4.24. The van der Waals surface area contributed by atoms with Crippen molar-refractivity contribution in [1.29, 1.82) is 0 Å². The van der Waals surface area contributed by atoms with Crippen LogP contribution >= 0.6 is 0 Å². The smallest absolute Gasteiger partial charge is 0.324 e. The molecule has 2 atom stereocenters. The van der Waals surface area contributed by atoms with Crippen LogP contribution in [0.15, 0.2) is 0 Å². The molecule has 1 saturated carbocycles. The first-order valence-corrected chi connectivity index (χ1v) is 7.91. The zero-order valence-electron chi connectivity index (χ0n) is 12.0. The van der Waals surface area contributed by atoms with E-state index in [0.717, 1.165) is 51.2 Å². The summed E-state index contributed by atoms with van der Waals surface area (Å²) in [6.07, 6.45) is 7.53. The minimum Gasteiger partial charge on any atom is -0.480 e. The summed E-state index contributed by atoms with van der Waals surface area (Å²) in [5.74, 6) is -0.586. The van der Waals surface area contributed by atoms with Gasteiger partial charge in [0, 0.05) is 25.2 Å². The van der Waals surface area contributed by atoms with E-state index in [1.54, 1.807) is 0 Å². The Morgan fingerprint density at radius 1 is 1.26 bits per heavy atom. The summed E-state index contributed by atoms with van der Waals surface area (Å²) in [4.78, 5) is 16.8. The number of carbonyl (C=O) groups is 1. The first-order valence-electron chi connectivity index (χ1n) is 7.91. The van der Waals surface area contributed by atoms with Gasteiger partial charge in [-0.3, -0.25) is 14.6 Å². The Labute approximate surface area is 115 Å². The maximum atomic E-state index is 11.9. The van der Waals surface area contributed by atoms with Gasteiger partial charge in [0.15, 0.2) is 0 Å². The third-order valence-corrected chi connectivity index (χ3v) is 5.30. The van der Waals surface area contributed by atoms with E-state index in [-0.39, 0.29) is 0 Å². The summed E-state index contributed by atoms with van der Waals surface area (Å²) < 4.78 is 0. The summed E-state index contributed by atoms with van der Waals surface area (Å²) >= 11 is 0. The Balaban J connectivity index is 1.72. The molecule has 2 heterocycles. The number of hydrogen-bond donors (Lipinski definition) is 1. The quantitative estimate of drug-likeness (QED) is 0.826. The molecule has 0 spiro atoms. The standard InChI is InChI=1S/C15H26N2O2/c1-2-7-15(14(18)19)8-3-9-17(15)13-6-10-16(11-13)12-4-5-12/h12-13H,2-11H2,1H3,(H,18,19). The molecule has 1 aliphatic carbocycles. The Bertz CT molecular complexity index is 356. The maximum Gasteiger partial charge on any atom is 0.324 e. The van der Waals surface area contributed by atoms with Crippen LogP contribution < -0.4 is 0 Å². The van der Waals surface area contributed by atoms with E-state index in [1.165, 1.54) is 19.4 Å². The lowest BCUT2D eigenvalue weighted by atomic mass is 9.89. The Hall–Kier alpha value is -0.610. The van der Waals surface area contributed by atoms with Crippen molar-refractivity contribution in [3.05, 3.63) is 0 Å². The van der Waals surface area contributed by atoms with Crippen LogP contribution in [0.1, 0.15) is 51.9 Å². The molecule has 3 rings (SSSR count). The second-order valence-electron chi connectivity index (χ2n) is 6.55. The minimum atomic E-state index is -0.586. The number of carboxylic acid groups (broad SMARTS) is 1. The summed E-state index contributed by atoms with van der Waals surface area (Å²) in [5.41, 5.74) is -0.557. The molecule has 19 heavy (non-hydrogen) atoms. The molecule has 3 fully saturated rings. The second-order valence-corrected chi connectivity index (χ2v) is 6.55. The van der Waals surface area contributed by atoms with Crippen molar-refractivity contribution in [2.45, 2.75) is 69.5 Å². The molecule has 2 unspecified atom stereocenters. The fourth-order valence-corrected chi connectivity index (χ4v) is 4.24. The van der Waals surface area contributed by atoms with E-state index in [4.69, 9.17) is 0 Å². The molecule has 2 aliphatic heterocycles. The van der Waals surface area contributed by atoms with E-state index >= 15 is 0 Å². The third-order valence-electron chi connectivity index (χ3n) is 5.30. The molecule has 0 bridgehead atoms. The van der Waals surface area contributed by atoms with E-state index in [9.17, 15) is 9.90 Å². The van der Waals surface area contributed by atoms with Gasteiger partial charge in [0.2, 0.25) is 0 Å². The number of carboxylic acids is 1. The Kier molecular flexibility index (Phi) is 3.56. The molecule has 0 aromatic rings. The van der Waals surface area contributed by atoms with Crippen molar-refractivity contribution in [3.63, 3.8) is 0 Å². The van der Waals surface area contributed by atoms with Crippen LogP contribution in [-0.2, 0) is 4.79 Å². The molecular weight excluding hydrogens is 240 g/mol. The molecule has 0 aromatic heterocycles. The lowest BCUT2D eigenvalue weighted by molar-refractivity contribution is -0.151. The Morgan fingerprint density at radius 3 is 2.68 bits per heavy atom. The monoisotopic (exact) mass is 266 g/mol. The van der Waals surface area contributed by atoms with Crippen LogP contribution in [0.25, 0.3) is 0 Å². The van der Waals surface area contributed by atoms with Crippen LogP contribution in [0.5, 0.6) is 0 Å². The summed E-state index contributed by atoms with van der Waals surface area (Å²) in [6, 6.07) is 1.30. The predicted octanol–water partition coefficient (Wildman–Crippen LogP) is 1.94. The first-order chi connectivity index (χ1) is 9.17. The number of nitrogens with zero attached hydrogens (tertiary/aromatic N) is 2. The molecule has 2 saturated heterocycles. The fraction of sp³-hybridized carbons (Fsp3) is 0.933. The van der Waals surface area contributed by atoms with Crippen LogP contribution in [0, 0.1) is 0 Å². The van der Waals surface area contributed by atoms with Gasteiger partial charge < -0.3 is 5.11 Å². The van der Waals surface area contributed by atoms with Crippen molar-refractivity contribution >= 4 is 5.97 Å². The summed E-state index contributed by atoms with van der Waals surface area (Å²) in [5, 5.41) is 9.76. The van der Waals surface area contributed by atoms with Gasteiger partial charge in [-0.2, -0.15) is 0 Å². The lowest BCUT2D eigenvalue weighted by Gasteiger charge is -2.38. The molecule has 0 aromatic carbocycles. The van der Waals surface area contributed by atoms with E-state index < -0.39 is 11.5 Å². The molecule has 0 radical (unpaired) electrons. The van der Waals surface area contributed by atoms with Crippen molar-refractivity contribution < 1.29 is 9.90 Å². The Morgan fingerprint density at radius 2 is 2.05 bits per heavy atom. The van der Waals surface area contributed by atoms with Crippen molar-refractivity contribution in [3.8, 4) is 0 Å². The number of aliphatic carboxylic acids is 1. The molecular formula is C15H26N2O2. The molecule has 108 valence electrons. The highest BCUT2D eigenvalue weighted by Crippen LogP contribution is 2.39. The van der Waals surface area contributed by atoms with Crippen LogP contribution in [0.4, 0.5) is 0 Å².